The van der Waals surface area contributed by atoms with Crippen LogP contribution in [0.25, 0.3) is 11.0 Å². The van der Waals surface area contributed by atoms with Crippen molar-refractivity contribution >= 4 is 111 Å². The van der Waals surface area contributed by atoms with Crippen LogP contribution in [0.4, 0.5) is 39.4 Å². The molecule has 0 saturated carbocycles. The van der Waals surface area contributed by atoms with Crippen molar-refractivity contribution in [1.82, 2.24) is 40.2 Å². The molecule has 2 saturated heterocycles. The number of piperidine rings is 2. The third-order valence-corrected chi connectivity index (χ3v) is 14.0. The minimum Gasteiger partial charge on any atom is -0.444 e. The molecule has 68 heavy (non-hydrogen) atoms. The molecule has 0 unspecified atom stereocenters. The molecule has 2 amide bonds. The van der Waals surface area contributed by atoms with Crippen LogP contribution in [0.3, 0.4) is 0 Å². The number of nitrogens with zero attached hydrogens (tertiary/aromatic N) is 9. The molecule has 10 N–H and O–H groups in total. The molecule has 6 aromatic rings. The largest absolute Gasteiger partial charge is 0.444 e. The maximum Gasteiger partial charge on any atom is 0.408 e. The number of rotatable bonds is 10. The van der Waals surface area contributed by atoms with Gasteiger partial charge in [-0.3, -0.25) is 9.59 Å². The Morgan fingerprint density at radius 1 is 0.779 bits per heavy atom. The van der Waals surface area contributed by atoms with Crippen molar-refractivity contribution in [2.45, 2.75) is 96.8 Å². The highest BCUT2D eigenvalue weighted by Gasteiger charge is 2.34. The van der Waals surface area contributed by atoms with Gasteiger partial charge in [0.1, 0.15) is 32.8 Å². The molecule has 0 atom stereocenters. The number of fused-ring (bicyclic) bond motifs is 1. The lowest BCUT2D eigenvalue weighted by Crippen LogP contribution is -2.54. The SMILES string of the molecule is CC1(N)CCN(c2cnc(Sc3cccc(NC=O)c3Cl)c(N)n2)CC1.CC1(NC(=O)OC(C)(C)C)CCN(c2cnc(Sc3cccc(N)c3Cl)c(N)n2)CC1.O=Cn1nnc2ccccc21. The highest BCUT2D eigenvalue weighted by Crippen LogP contribution is 2.40. The second-order valence-electron chi connectivity index (χ2n) is 17.5. The molecule has 2 aliphatic rings. The fourth-order valence-electron chi connectivity index (χ4n) is 6.92. The van der Waals surface area contributed by atoms with Crippen molar-refractivity contribution in [2.24, 2.45) is 5.73 Å². The van der Waals surface area contributed by atoms with Gasteiger partial charge in [-0.25, -0.2) is 24.7 Å². The van der Waals surface area contributed by atoms with Gasteiger partial charge in [0, 0.05) is 47.0 Å². The highest BCUT2D eigenvalue weighted by molar-refractivity contribution is 7.99. The number of carbonyl (C=O) groups excluding carboxylic acids is 3. The maximum atomic E-state index is 12.2. The number of para-hydroxylation sites is 1. The second kappa shape index (κ2) is 22.3. The zero-order valence-corrected chi connectivity index (χ0v) is 41.4. The Labute approximate surface area is 412 Å². The number of nitrogens with two attached hydrogens (primary N) is 4. The van der Waals surface area contributed by atoms with Crippen molar-refractivity contribution in [2.75, 3.05) is 58.5 Å². The molecule has 0 spiro atoms. The summed E-state index contributed by atoms with van der Waals surface area (Å²) in [5.41, 5.74) is 25.9. The van der Waals surface area contributed by atoms with Crippen molar-refractivity contribution < 1.29 is 19.1 Å². The Hall–Kier alpha value is -6.13. The molecule has 8 rings (SSSR count). The second-order valence-corrected chi connectivity index (χ2v) is 20.3. The summed E-state index contributed by atoms with van der Waals surface area (Å²) in [6, 6.07) is 18.1. The van der Waals surface area contributed by atoms with Gasteiger partial charge in [-0.2, -0.15) is 4.68 Å². The molecule has 0 radical (unpaired) electrons. The topological polar surface area (TPSA) is 277 Å². The van der Waals surface area contributed by atoms with Crippen LogP contribution in [0, 0.1) is 0 Å². The molecule has 3 aromatic heterocycles. The lowest BCUT2D eigenvalue weighted by Gasteiger charge is -2.40. The summed E-state index contributed by atoms with van der Waals surface area (Å²) in [5.74, 6) is 2.14. The number of alkyl carbamates (subject to hydrolysis) is 1. The molecule has 23 heteroatoms. The van der Waals surface area contributed by atoms with Crippen molar-refractivity contribution in [3.8, 4) is 0 Å². The first-order valence-corrected chi connectivity index (χ1v) is 23.8. The van der Waals surface area contributed by atoms with Crippen LogP contribution < -0.4 is 43.4 Å². The van der Waals surface area contributed by atoms with Crippen molar-refractivity contribution in [3.05, 3.63) is 83.1 Å². The normalized spacial score (nSPS) is 15.2. The average Bonchev–Trinajstić information content (AvgIpc) is 3.71. The Morgan fingerprint density at radius 2 is 1.32 bits per heavy atom. The van der Waals surface area contributed by atoms with Crippen LogP contribution in [-0.4, -0.2) is 96.7 Å². The van der Waals surface area contributed by atoms with E-state index in [0.717, 1.165) is 65.4 Å². The summed E-state index contributed by atoms with van der Waals surface area (Å²) in [5, 5.41) is 15.0. The summed E-state index contributed by atoms with van der Waals surface area (Å²) in [6.45, 7) is 12.8. The van der Waals surface area contributed by atoms with E-state index >= 15 is 0 Å². The van der Waals surface area contributed by atoms with Crippen LogP contribution in [-0.2, 0) is 14.3 Å². The Morgan fingerprint density at radius 3 is 1.87 bits per heavy atom. The minimum absolute atomic E-state index is 0.122. The summed E-state index contributed by atoms with van der Waals surface area (Å²) in [7, 11) is 0. The maximum absolute atomic E-state index is 12.2. The van der Waals surface area contributed by atoms with Gasteiger partial charge < -0.3 is 48.1 Å². The average molecular weight is 1010 g/mol. The predicted molar refractivity (Wildman–Crippen MR) is 271 cm³/mol. The lowest BCUT2D eigenvalue weighted by atomic mass is 9.90. The number of halogens is 2. The third kappa shape index (κ3) is 13.7. The minimum atomic E-state index is -0.524. The number of ether oxygens (including phenoxy) is 1. The van der Waals surface area contributed by atoms with Gasteiger partial charge in [0.2, 0.25) is 12.8 Å². The van der Waals surface area contributed by atoms with Crippen LogP contribution >= 0.6 is 46.7 Å². The number of nitrogens with one attached hydrogen (secondary N) is 2. The zero-order valence-electron chi connectivity index (χ0n) is 38.3. The standard InChI is InChI=1S/C21H29ClN6O2S.C17H21ClN6OS.C7H5N3O/c1-20(2,3)30-19(29)27-21(4)8-10-28(11-9-21)15-12-25-18(17(24)26-15)31-14-7-5-6-13(23)16(14)22;1-17(20)5-7-24(8-6-17)13-9-21-16(15(19)23-13)26-12-4-2-3-11(14(12)18)22-10-25;11-5-10-7-4-2-1-3-6(7)8-9-10/h5-7,12H,8-11,23H2,1-4H3,(H2,24,26)(H,27,29);2-4,9-10H,5-8,20H2,1H3,(H2,19,23)(H,22,25);1-5H. The van der Waals surface area contributed by atoms with Crippen LogP contribution in [0.15, 0.2) is 92.9 Å². The first kappa shape index (κ1) is 51.3. The highest BCUT2D eigenvalue weighted by atomic mass is 35.5. The summed E-state index contributed by atoms with van der Waals surface area (Å²) in [6.07, 6.45) is 7.57. The first-order chi connectivity index (χ1) is 32.3. The Bertz CT molecular complexity index is 2720. The summed E-state index contributed by atoms with van der Waals surface area (Å²) in [4.78, 5) is 56.9. The molecular weight excluding hydrogens is 950 g/mol. The van der Waals surface area contributed by atoms with Gasteiger partial charge in [-0.15, -0.1) is 5.10 Å². The number of carbonyl (C=O) groups is 3. The first-order valence-electron chi connectivity index (χ1n) is 21.5. The lowest BCUT2D eigenvalue weighted by molar-refractivity contribution is -0.105. The number of anilines is 6. The molecular formula is C45H55Cl2N15O4S2. The van der Waals surface area contributed by atoms with E-state index in [4.69, 9.17) is 50.9 Å². The smallest absolute Gasteiger partial charge is 0.408 e. The van der Waals surface area contributed by atoms with Crippen molar-refractivity contribution in [3.63, 3.8) is 0 Å². The van der Waals surface area contributed by atoms with E-state index < -0.39 is 11.7 Å². The van der Waals surface area contributed by atoms with E-state index in [1.165, 1.54) is 28.2 Å². The number of hydrogen-bond donors (Lipinski definition) is 6. The molecule has 2 fully saturated rings. The predicted octanol–water partition coefficient (Wildman–Crippen LogP) is 7.55. The van der Waals surface area contributed by atoms with Crippen LogP contribution in [0.1, 0.15) is 60.3 Å². The summed E-state index contributed by atoms with van der Waals surface area (Å²) < 4.78 is 6.59. The third-order valence-electron chi connectivity index (χ3n) is 10.8. The number of aromatic nitrogens is 7. The molecule has 5 heterocycles. The van der Waals surface area contributed by atoms with E-state index in [2.05, 4.69) is 57.6 Å². The fraction of sp³-hybridized carbons (Fsp3) is 0.356. The van der Waals surface area contributed by atoms with Gasteiger partial charge in [-0.1, -0.05) is 76.2 Å². The zero-order chi connectivity index (χ0) is 49.2. The number of hydrogen-bond acceptors (Lipinski definition) is 18. The monoisotopic (exact) mass is 1000 g/mol. The number of nitrogen functional groups attached to an aromatic ring is 3. The van der Waals surface area contributed by atoms with Gasteiger partial charge in [-0.05, 0) is 96.7 Å². The van der Waals surface area contributed by atoms with Crippen molar-refractivity contribution in [1.29, 1.82) is 0 Å². The van der Waals surface area contributed by atoms with Crippen LogP contribution in [0.2, 0.25) is 10.0 Å². The van der Waals surface area contributed by atoms with E-state index in [1.807, 2.05) is 64.1 Å². The molecule has 0 aliphatic carbocycles. The van der Waals surface area contributed by atoms with E-state index in [1.54, 1.807) is 36.7 Å². The van der Waals surface area contributed by atoms with E-state index in [0.29, 0.717) is 74.8 Å². The van der Waals surface area contributed by atoms with Gasteiger partial charge in [0.05, 0.1) is 39.3 Å². The fourth-order valence-corrected chi connectivity index (χ4v) is 9.09. The van der Waals surface area contributed by atoms with Gasteiger partial charge >= 0.3 is 6.09 Å². The van der Waals surface area contributed by atoms with E-state index in [9.17, 15) is 14.4 Å². The number of benzene rings is 3. The van der Waals surface area contributed by atoms with Gasteiger partial charge in [0.15, 0.2) is 11.6 Å². The Balaban J connectivity index is 0.000000184. The molecule has 360 valence electrons. The van der Waals surface area contributed by atoms with E-state index in [-0.39, 0.29) is 11.1 Å². The molecule has 19 nitrogen and oxygen atoms in total. The summed E-state index contributed by atoms with van der Waals surface area (Å²) >= 11 is 15.2. The van der Waals surface area contributed by atoms with Crippen LogP contribution in [0.5, 0.6) is 0 Å². The molecule has 0 bridgehead atoms. The quantitative estimate of drug-likeness (QED) is 0.0571. The molecule has 2 aliphatic heterocycles. The Kier molecular flexibility index (Phi) is 16.8. The van der Waals surface area contributed by atoms with Gasteiger partial charge in [0.25, 0.3) is 0 Å². The number of amides is 2. The molecule has 3 aromatic carbocycles.